The SMILES string of the molecule is N#CC(CSc1ccncc1)NC1CC1. The van der Waals surface area contributed by atoms with Crippen LogP contribution in [0.5, 0.6) is 0 Å². The van der Waals surface area contributed by atoms with Crippen LogP contribution in [0.4, 0.5) is 0 Å². The van der Waals surface area contributed by atoms with Crippen LogP contribution in [0.1, 0.15) is 12.8 Å². The van der Waals surface area contributed by atoms with E-state index in [1.807, 2.05) is 12.1 Å². The van der Waals surface area contributed by atoms with Crippen molar-refractivity contribution in [2.75, 3.05) is 5.75 Å². The van der Waals surface area contributed by atoms with Crippen molar-refractivity contribution in [2.24, 2.45) is 0 Å². The van der Waals surface area contributed by atoms with Gasteiger partial charge in [-0.1, -0.05) is 0 Å². The van der Waals surface area contributed by atoms with Crippen molar-refractivity contribution >= 4 is 11.8 Å². The van der Waals surface area contributed by atoms with Gasteiger partial charge in [-0.05, 0) is 25.0 Å². The molecule has 1 aromatic rings. The van der Waals surface area contributed by atoms with Crippen molar-refractivity contribution in [3.05, 3.63) is 24.5 Å². The van der Waals surface area contributed by atoms with Crippen molar-refractivity contribution in [1.82, 2.24) is 10.3 Å². The van der Waals surface area contributed by atoms with Gasteiger partial charge in [-0.25, -0.2) is 0 Å². The highest BCUT2D eigenvalue weighted by molar-refractivity contribution is 7.99. The Bertz CT molecular complexity index is 343. The minimum atomic E-state index is -0.0318. The van der Waals surface area contributed by atoms with Gasteiger partial charge in [-0.15, -0.1) is 11.8 Å². The molecule has 1 heterocycles. The molecule has 1 N–H and O–H groups in total. The standard InChI is InChI=1S/C11H13N3S/c12-7-10(14-9-1-2-9)8-15-11-3-5-13-6-4-11/h3-6,9-10,14H,1-2,8H2. The summed E-state index contributed by atoms with van der Waals surface area (Å²) in [5.74, 6) is 0.803. The van der Waals surface area contributed by atoms with Crippen LogP contribution >= 0.6 is 11.8 Å². The number of nitrogens with one attached hydrogen (secondary N) is 1. The maximum atomic E-state index is 8.94. The molecule has 0 bridgehead atoms. The molecule has 0 saturated heterocycles. The van der Waals surface area contributed by atoms with Crippen molar-refractivity contribution in [1.29, 1.82) is 5.26 Å². The lowest BCUT2D eigenvalue weighted by Gasteiger charge is -2.09. The van der Waals surface area contributed by atoms with E-state index in [1.165, 1.54) is 17.7 Å². The molecule has 0 amide bonds. The van der Waals surface area contributed by atoms with Gasteiger partial charge in [0.2, 0.25) is 0 Å². The third kappa shape index (κ3) is 3.54. The predicted octanol–water partition coefficient (Wildman–Crippen LogP) is 1.82. The van der Waals surface area contributed by atoms with E-state index in [1.54, 1.807) is 24.2 Å². The summed E-state index contributed by atoms with van der Waals surface area (Å²) in [5, 5.41) is 12.3. The quantitative estimate of drug-likeness (QED) is 0.767. The number of nitriles is 1. The maximum Gasteiger partial charge on any atom is 0.105 e. The number of rotatable bonds is 5. The summed E-state index contributed by atoms with van der Waals surface area (Å²) in [6, 6.07) is 6.79. The molecule has 0 radical (unpaired) electrons. The van der Waals surface area contributed by atoms with Crippen LogP contribution in [0.25, 0.3) is 0 Å². The summed E-state index contributed by atoms with van der Waals surface area (Å²) in [5.41, 5.74) is 0. The van der Waals surface area contributed by atoms with Gasteiger partial charge in [0.1, 0.15) is 6.04 Å². The summed E-state index contributed by atoms with van der Waals surface area (Å²) in [4.78, 5) is 5.13. The molecule has 1 aliphatic rings. The Labute approximate surface area is 93.9 Å². The molecule has 1 saturated carbocycles. The lowest BCUT2D eigenvalue weighted by Crippen LogP contribution is -2.31. The van der Waals surface area contributed by atoms with E-state index < -0.39 is 0 Å². The second-order valence-electron chi connectivity index (χ2n) is 3.62. The van der Waals surface area contributed by atoms with Crippen molar-refractivity contribution in [2.45, 2.75) is 29.8 Å². The van der Waals surface area contributed by atoms with Crippen molar-refractivity contribution in [3.8, 4) is 6.07 Å². The van der Waals surface area contributed by atoms with Gasteiger partial charge in [0.15, 0.2) is 0 Å². The average molecular weight is 219 g/mol. The summed E-state index contributed by atoms with van der Waals surface area (Å²) in [6.07, 6.45) is 5.99. The molecule has 15 heavy (non-hydrogen) atoms. The molecule has 0 aromatic carbocycles. The summed E-state index contributed by atoms with van der Waals surface area (Å²) < 4.78 is 0. The second kappa shape index (κ2) is 5.15. The average Bonchev–Trinajstić information content (AvgIpc) is 3.09. The third-order valence-electron chi connectivity index (χ3n) is 2.24. The Hall–Kier alpha value is -1.05. The summed E-state index contributed by atoms with van der Waals surface area (Å²) in [7, 11) is 0. The van der Waals surface area contributed by atoms with E-state index in [0.717, 1.165) is 5.75 Å². The molecule has 4 heteroatoms. The Kier molecular flexibility index (Phi) is 3.59. The number of hydrogen-bond donors (Lipinski definition) is 1. The molecule has 1 aliphatic carbocycles. The van der Waals surface area contributed by atoms with Crippen LogP contribution < -0.4 is 5.32 Å². The smallest absolute Gasteiger partial charge is 0.105 e. The monoisotopic (exact) mass is 219 g/mol. The Morgan fingerprint density at radius 3 is 2.87 bits per heavy atom. The van der Waals surface area contributed by atoms with Crippen molar-refractivity contribution in [3.63, 3.8) is 0 Å². The molecular weight excluding hydrogens is 206 g/mol. The fourth-order valence-corrected chi connectivity index (χ4v) is 2.12. The van der Waals surface area contributed by atoms with Gasteiger partial charge in [-0.2, -0.15) is 5.26 Å². The summed E-state index contributed by atoms with van der Waals surface area (Å²) >= 11 is 1.70. The first-order chi connectivity index (χ1) is 7.38. The number of pyridine rings is 1. The lowest BCUT2D eigenvalue weighted by molar-refractivity contribution is 0.644. The molecule has 78 valence electrons. The highest BCUT2D eigenvalue weighted by atomic mass is 32.2. The van der Waals surface area contributed by atoms with Crippen LogP contribution in [0.3, 0.4) is 0 Å². The first-order valence-electron chi connectivity index (χ1n) is 5.07. The van der Waals surface area contributed by atoms with Gasteiger partial charge in [0.05, 0.1) is 6.07 Å². The minimum absolute atomic E-state index is 0.0318. The van der Waals surface area contributed by atoms with E-state index in [4.69, 9.17) is 5.26 Å². The highest BCUT2D eigenvalue weighted by Gasteiger charge is 2.24. The molecule has 0 aliphatic heterocycles. The zero-order chi connectivity index (χ0) is 10.5. The van der Waals surface area contributed by atoms with Crippen LogP contribution in [-0.4, -0.2) is 22.8 Å². The molecule has 3 nitrogen and oxygen atoms in total. The van der Waals surface area contributed by atoms with Gasteiger partial charge in [0, 0.05) is 29.1 Å². The highest BCUT2D eigenvalue weighted by Crippen LogP contribution is 2.22. The molecular formula is C11H13N3S. The van der Waals surface area contributed by atoms with Crippen LogP contribution in [-0.2, 0) is 0 Å². The number of thioether (sulfide) groups is 1. The van der Waals surface area contributed by atoms with Gasteiger partial charge < -0.3 is 0 Å². The van der Waals surface area contributed by atoms with E-state index in [0.29, 0.717) is 6.04 Å². The zero-order valence-corrected chi connectivity index (χ0v) is 9.20. The topological polar surface area (TPSA) is 48.7 Å². The second-order valence-corrected chi connectivity index (χ2v) is 4.71. The minimum Gasteiger partial charge on any atom is -0.298 e. The number of nitrogens with zero attached hydrogens (tertiary/aromatic N) is 2. The summed E-state index contributed by atoms with van der Waals surface area (Å²) in [6.45, 7) is 0. The van der Waals surface area contributed by atoms with Gasteiger partial charge in [-0.3, -0.25) is 10.3 Å². The van der Waals surface area contributed by atoms with Crippen LogP contribution in [0, 0.1) is 11.3 Å². The first kappa shape index (κ1) is 10.5. The van der Waals surface area contributed by atoms with Crippen LogP contribution in [0.15, 0.2) is 29.4 Å². The van der Waals surface area contributed by atoms with Gasteiger partial charge in [0.25, 0.3) is 0 Å². The van der Waals surface area contributed by atoms with E-state index >= 15 is 0 Å². The largest absolute Gasteiger partial charge is 0.298 e. The molecule has 1 fully saturated rings. The van der Waals surface area contributed by atoms with Gasteiger partial charge >= 0.3 is 0 Å². The Balaban J connectivity index is 1.78. The van der Waals surface area contributed by atoms with E-state index in [2.05, 4.69) is 16.4 Å². The zero-order valence-electron chi connectivity index (χ0n) is 8.39. The fraction of sp³-hybridized carbons (Fsp3) is 0.455. The molecule has 1 atom stereocenters. The van der Waals surface area contributed by atoms with E-state index in [-0.39, 0.29) is 6.04 Å². The number of aromatic nitrogens is 1. The fourth-order valence-electron chi connectivity index (χ4n) is 1.27. The molecule has 0 spiro atoms. The third-order valence-corrected chi connectivity index (χ3v) is 3.34. The molecule has 1 aromatic heterocycles. The first-order valence-corrected chi connectivity index (χ1v) is 6.05. The Morgan fingerprint density at radius 2 is 2.27 bits per heavy atom. The van der Waals surface area contributed by atoms with E-state index in [9.17, 15) is 0 Å². The normalized spacial score (nSPS) is 17.0. The number of hydrogen-bond acceptors (Lipinski definition) is 4. The molecule has 1 unspecified atom stereocenters. The van der Waals surface area contributed by atoms with Crippen molar-refractivity contribution < 1.29 is 0 Å². The Morgan fingerprint density at radius 1 is 1.53 bits per heavy atom. The predicted molar refractivity (Wildman–Crippen MR) is 60.5 cm³/mol. The maximum absolute atomic E-state index is 8.94. The lowest BCUT2D eigenvalue weighted by atomic mass is 10.4. The molecule has 2 rings (SSSR count). The van der Waals surface area contributed by atoms with Crippen LogP contribution in [0.2, 0.25) is 0 Å².